The molecule has 0 saturated heterocycles. The van der Waals surface area contributed by atoms with Crippen molar-refractivity contribution < 1.29 is 9.21 Å². The van der Waals surface area contributed by atoms with Crippen LogP contribution in [0, 0.1) is 0 Å². The Morgan fingerprint density at radius 3 is 2.65 bits per heavy atom. The zero-order valence-electron chi connectivity index (χ0n) is 12.1. The van der Waals surface area contributed by atoms with Crippen LogP contribution in [0.4, 0.5) is 0 Å². The lowest BCUT2D eigenvalue weighted by atomic mass is 9.72. The fourth-order valence-corrected chi connectivity index (χ4v) is 2.60. The summed E-state index contributed by atoms with van der Waals surface area (Å²) >= 11 is 0. The molecule has 20 heavy (non-hydrogen) atoms. The molecule has 0 unspecified atom stereocenters. The van der Waals surface area contributed by atoms with E-state index in [2.05, 4.69) is 30.7 Å². The summed E-state index contributed by atoms with van der Waals surface area (Å²) in [5.41, 5.74) is 2.15. The van der Waals surface area contributed by atoms with Crippen molar-refractivity contribution in [2.75, 3.05) is 0 Å². The Labute approximate surface area is 117 Å². The minimum atomic E-state index is -0.378. The second-order valence-corrected chi connectivity index (χ2v) is 6.54. The number of carbonyl (C=O) groups excluding carboxylic acids is 1. The molecule has 0 bridgehead atoms. The van der Waals surface area contributed by atoms with Gasteiger partial charge in [-0.2, -0.15) is 4.99 Å². The third-order valence-corrected chi connectivity index (χ3v) is 4.01. The highest BCUT2D eigenvalue weighted by molar-refractivity contribution is 5.74. The number of oxazole rings is 1. The van der Waals surface area contributed by atoms with Crippen molar-refractivity contribution in [3.8, 4) is 0 Å². The van der Waals surface area contributed by atoms with E-state index in [-0.39, 0.29) is 11.0 Å². The summed E-state index contributed by atoms with van der Waals surface area (Å²) in [6, 6.07) is 5.90. The first kappa shape index (κ1) is 13.1. The summed E-state index contributed by atoms with van der Waals surface area (Å²) in [5.74, 6) is 0.728. The third kappa shape index (κ3) is 1.97. The molecule has 0 amide bonds. The molecule has 1 aromatic heterocycles. The molecular formula is C16H18N2O2. The first-order chi connectivity index (χ1) is 9.44. The quantitative estimate of drug-likeness (QED) is 0.615. The van der Waals surface area contributed by atoms with E-state index in [1.807, 2.05) is 18.2 Å². The lowest BCUT2D eigenvalue weighted by Crippen LogP contribution is -2.31. The van der Waals surface area contributed by atoms with Gasteiger partial charge < -0.3 is 4.42 Å². The van der Waals surface area contributed by atoms with E-state index < -0.39 is 0 Å². The number of aliphatic imine (C=N–C) groups is 1. The molecule has 104 valence electrons. The summed E-state index contributed by atoms with van der Waals surface area (Å²) in [5, 5.41) is 0. The van der Waals surface area contributed by atoms with Crippen molar-refractivity contribution in [2.24, 2.45) is 4.99 Å². The van der Waals surface area contributed by atoms with E-state index in [0.29, 0.717) is 0 Å². The van der Waals surface area contributed by atoms with Crippen molar-refractivity contribution >= 4 is 17.2 Å². The largest absolute Gasteiger partial charge is 0.440 e. The second kappa shape index (κ2) is 4.29. The Hall–Kier alpha value is -1.93. The molecule has 4 nitrogen and oxygen atoms in total. The van der Waals surface area contributed by atoms with Gasteiger partial charge in [0.1, 0.15) is 5.52 Å². The maximum absolute atomic E-state index is 10.7. The van der Waals surface area contributed by atoms with Crippen LogP contribution in [0.25, 0.3) is 11.1 Å². The van der Waals surface area contributed by atoms with Gasteiger partial charge in [-0.1, -0.05) is 26.8 Å². The topological polar surface area (TPSA) is 55.5 Å². The van der Waals surface area contributed by atoms with Gasteiger partial charge in [-0.3, -0.25) is 0 Å². The van der Waals surface area contributed by atoms with Gasteiger partial charge in [0.15, 0.2) is 5.58 Å². The molecule has 1 heterocycles. The van der Waals surface area contributed by atoms with Crippen molar-refractivity contribution in [2.45, 2.75) is 51.0 Å². The van der Waals surface area contributed by atoms with Gasteiger partial charge in [0.2, 0.25) is 12.0 Å². The lowest BCUT2D eigenvalue weighted by molar-refractivity contribution is 0.256. The van der Waals surface area contributed by atoms with E-state index in [9.17, 15) is 4.79 Å². The zero-order valence-corrected chi connectivity index (χ0v) is 12.1. The fraction of sp³-hybridized carbons (Fsp3) is 0.500. The molecular weight excluding hydrogens is 252 g/mol. The number of hydrogen-bond acceptors (Lipinski definition) is 4. The molecule has 0 radical (unpaired) electrons. The molecule has 0 spiro atoms. The van der Waals surface area contributed by atoms with Gasteiger partial charge in [0.05, 0.1) is 5.54 Å². The molecule has 4 heteroatoms. The van der Waals surface area contributed by atoms with Crippen LogP contribution in [0.3, 0.4) is 0 Å². The van der Waals surface area contributed by atoms with Gasteiger partial charge in [-0.15, -0.1) is 0 Å². The highest BCUT2D eigenvalue weighted by atomic mass is 16.3. The molecule has 1 aromatic carbocycles. The van der Waals surface area contributed by atoms with Crippen LogP contribution in [-0.4, -0.2) is 11.1 Å². The highest BCUT2D eigenvalue weighted by Crippen LogP contribution is 2.45. The number of isocyanates is 1. The van der Waals surface area contributed by atoms with E-state index in [0.717, 1.165) is 41.8 Å². The fourth-order valence-electron chi connectivity index (χ4n) is 2.60. The minimum absolute atomic E-state index is 0.117. The molecule has 1 saturated carbocycles. The Bertz CT molecular complexity index is 699. The molecule has 1 aliphatic rings. The molecule has 1 fully saturated rings. The van der Waals surface area contributed by atoms with Crippen LogP contribution in [0.2, 0.25) is 0 Å². The summed E-state index contributed by atoms with van der Waals surface area (Å²) in [4.78, 5) is 19.3. The van der Waals surface area contributed by atoms with E-state index in [1.165, 1.54) is 0 Å². The normalized spacial score (nSPS) is 17.6. The van der Waals surface area contributed by atoms with Crippen molar-refractivity contribution in [3.05, 3.63) is 29.7 Å². The van der Waals surface area contributed by atoms with Crippen molar-refractivity contribution in [1.82, 2.24) is 4.98 Å². The number of nitrogens with zero attached hydrogens (tertiary/aromatic N) is 2. The van der Waals surface area contributed by atoms with E-state index in [4.69, 9.17) is 4.42 Å². The predicted molar refractivity (Wildman–Crippen MR) is 76.4 cm³/mol. The van der Waals surface area contributed by atoms with Crippen LogP contribution in [-0.2, 0) is 15.7 Å². The van der Waals surface area contributed by atoms with E-state index >= 15 is 0 Å². The summed E-state index contributed by atoms with van der Waals surface area (Å²) in [6.07, 6.45) is 4.61. The van der Waals surface area contributed by atoms with Gasteiger partial charge in [0, 0.05) is 5.41 Å². The van der Waals surface area contributed by atoms with Gasteiger partial charge in [0.25, 0.3) is 0 Å². The number of aromatic nitrogens is 1. The van der Waals surface area contributed by atoms with Crippen LogP contribution in [0.5, 0.6) is 0 Å². The van der Waals surface area contributed by atoms with E-state index in [1.54, 1.807) is 6.08 Å². The molecule has 0 atom stereocenters. The average molecular weight is 270 g/mol. The summed E-state index contributed by atoms with van der Waals surface area (Å²) in [7, 11) is 0. The maximum Gasteiger partial charge on any atom is 0.235 e. The Balaban J connectivity index is 2.09. The standard InChI is InChI=1S/C16H18N2O2/c1-15(2,3)14-18-12-9-11(5-6-13(12)20-14)16(17-10-19)7-4-8-16/h5-6,9H,4,7-8H2,1-3H3. The minimum Gasteiger partial charge on any atom is -0.440 e. The van der Waals surface area contributed by atoms with Crippen LogP contribution in [0.1, 0.15) is 51.5 Å². The summed E-state index contributed by atoms with van der Waals surface area (Å²) < 4.78 is 5.79. The SMILES string of the molecule is CC(C)(C)c1nc2cc(C3(N=C=O)CCC3)ccc2o1. The first-order valence-corrected chi connectivity index (χ1v) is 6.95. The lowest BCUT2D eigenvalue weighted by Gasteiger charge is -2.36. The number of fused-ring (bicyclic) bond motifs is 1. The first-order valence-electron chi connectivity index (χ1n) is 6.95. The average Bonchev–Trinajstić information content (AvgIpc) is 2.76. The Morgan fingerprint density at radius 1 is 1.35 bits per heavy atom. The molecule has 2 aromatic rings. The third-order valence-electron chi connectivity index (χ3n) is 4.01. The highest BCUT2D eigenvalue weighted by Gasteiger charge is 2.39. The predicted octanol–water partition coefficient (Wildman–Crippen LogP) is 3.84. The number of hydrogen-bond donors (Lipinski definition) is 0. The molecule has 3 rings (SSSR count). The summed E-state index contributed by atoms with van der Waals surface area (Å²) in [6.45, 7) is 6.22. The molecule has 1 aliphatic carbocycles. The number of rotatable bonds is 2. The van der Waals surface area contributed by atoms with Crippen LogP contribution in [0.15, 0.2) is 27.6 Å². The number of benzene rings is 1. The van der Waals surface area contributed by atoms with Crippen molar-refractivity contribution in [3.63, 3.8) is 0 Å². The Morgan fingerprint density at radius 2 is 2.10 bits per heavy atom. The second-order valence-electron chi connectivity index (χ2n) is 6.54. The Kier molecular flexibility index (Phi) is 2.80. The van der Waals surface area contributed by atoms with Gasteiger partial charge in [-0.05, 0) is 37.0 Å². The zero-order chi connectivity index (χ0) is 14.4. The maximum atomic E-state index is 10.7. The van der Waals surface area contributed by atoms with Gasteiger partial charge in [-0.25, -0.2) is 9.78 Å². The monoisotopic (exact) mass is 270 g/mol. The molecule has 0 aliphatic heterocycles. The van der Waals surface area contributed by atoms with Crippen LogP contribution < -0.4 is 0 Å². The van der Waals surface area contributed by atoms with Crippen LogP contribution >= 0.6 is 0 Å². The molecule has 0 N–H and O–H groups in total. The van der Waals surface area contributed by atoms with Gasteiger partial charge >= 0.3 is 0 Å². The smallest absolute Gasteiger partial charge is 0.235 e. The van der Waals surface area contributed by atoms with Crippen molar-refractivity contribution in [1.29, 1.82) is 0 Å².